The van der Waals surface area contributed by atoms with Crippen molar-refractivity contribution in [1.29, 1.82) is 0 Å². The number of fused-ring (bicyclic) bond motifs is 2. The van der Waals surface area contributed by atoms with E-state index in [0.29, 0.717) is 40.8 Å². The molecular weight excluding hydrogens is 847 g/mol. The summed E-state index contributed by atoms with van der Waals surface area (Å²) in [6.07, 6.45) is 5.98. The third-order valence-corrected chi connectivity index (χ3v) is 15.5. The monoisotopic (exact) mass is 891 g/mol. The van der Waals surface area contributed by atoms with Gasteiger partial charge in [-0.1, -0.05) is 12.1 Å². The van der Waals surface area contributed by atoms with Crippen molar-refractivity contribution < 1.29 is 41.3 Å². The van der Waals surface area contributed by atoms with Crippen molar-refractivity contribution in [3.05, 3.63) is 125 Å². The number of anilines is 4. The molecule has 9 rings (SSSR count). The number of carboxylic acids is 1. The molecule has 16 nitrogen and oxygen atoms in total. The van der Waals surface area contributed by atoms with E-state index in [9.17, 15) is 31.8 Å². The molecule has 0 amide bonds. The van der Waals surface area contributed by atoms with Crippen LogP contribution in [0.5, 0.6) is 17.2 Å². The van der Waals surface area contributed by atoms with E-state index in [1.807, 2.05) is 85.0 Å². The molecule has 63 heavy (non-hydrogen) atoms. The van der Waals surface area contributed by atoms with Crippen LogP contribution in [0, 0.1) is 13.8 Å². The lowest BCUT2D eigenvalue weighted by molar-refractivity contribution is 0.0481. The normalized spacial score (nSPS) is 18.6. The first-order valence-corrected chi connectivity index (χ1v) is 23.7. The smallest absolute Gasteiger partial charge is 0.339 e. The van der Waals surface area contributed by atoms with Gasteiger partial charge in [-0.05, 0) is 112 Å². The van der Waals surface area contributed by atoms with Gasteiger partial charge in [0.25, 0.3) is 6.29 Å². The van der Waals surface area contributed by atoms with E-state index in [1.54, 1.807) is 24.4 Å². The minimum atomic E-state index is -3.87. The quantitative estimate of drug-likeness (QED) is 0.0940. The number of nitrogens with one attached hydrogen (secondary N) is 2. The number of aromatic carboxylic acids is 1. The summed E-state index contributed by atoms with van der Waals surface area (Å²) in [6.45, 7) is 6.39. The number of hydrogen-bond donors (Lipinski definition) is 4. The number of rotatable bonds is 12. The third kappa shape index (κ3) is 7.95. The number of pyridine rings is 1. The highest BCUT2D eigenvalue weighted by molar-refractivity contribution is 7.97. The molecule has 1 saturated heterocycles. The number of hydrogen-bond acceptors (Lipinski definition) is 12. The molecular formula is C45H45N7O9S2. The average Bonchev–Trinajstić information content (AvgIpc) is 4.01. The van der Waals surface area contributed by atoms with Crippen molar-refractivity contribution in [1.82, 2.24) is 19.1 Å². The zero-order chi connectivity index (χ0) is 44.4. The fourth-order valence-electron chi connectivity index (χ4n) is 8.49. The molecule has 3 aromatic carbocycles. The predicted molar refractivity (Wildman–Crippen MR) is 240 cm³/mol. The molecule has 3 aliphatic rings. The van der Waals surface area contributed by atoms with Crippen LogP contribution in [0.2, 0.25) is 0 Å². The van der Waals surface area contributed by atoms with Crippen molar-refractivity contribution in [3.63, 3.8) is 0 Å². The van der Waals surface area contributed by atoms with Crippen LogP contribution in [0.15, 0.2) is 91.1 Å². The number of imidazole rings is 1. The molecule has 4 N–H and O–H groups in total. The third-order valence-electron chi connectivity index (χ3n) is 11.7. The summed E-state index contributed by atoms with van der Waals surface area (Å²) < 4.78 is 69.0. The van der Waals surface area contributed by atoms with Crippen molar-refractivity contribution in [2.45, 2.75) is 57.7 Å². The number of aryl methyl sites for hydroxylation is 1. The highest BCUT2D eigenvalue weighted by atomic mass is 32.2. The minimum absolute atomic E-state index is 0.0797. The Balaban J connectivity index is 0.957. The topological polar surface area (TPSA) is 207 Å². The van der Waals surface area contributed by atoms with Crippen LogP contribution in [-0.2, 0) is 26.4 Å². The largest absolute Gasteiger partial charge is 0.507 e. The van der Waals surface area contributed by atoms with Crippen molar-refractivity contribution in [3.8, 4) is 34.3 Å². The Morgan fingerprint density at radius 1 is 0.984 bits per heavy atom. The molecule has 18 heteroatoms. The number of sulfonamides is 1. The van der Waals surface area contributed by atoms with Gasteiger partial charge in [0.15, 0.2) is 21.3 Å². The zero-order valence-electron chi connectivity index (χ0n) is 34.8. The molecule has 6 heterocycles. The molecule has 0 saturated carbocycles. The maximum Gasteiger partial charge on any atom is 0.339 e. The van der Waals surface area contributed by atoms with Crippen molar-refractivity contribution in [2.75, 3.05) is 33.5 Å². The first-order valence-electron chi connectivity index (χ1n) is 20.3. The van der Waals surface area contributed by atoms with E-state index >= 15 is 0 Å². The Morgan fingerprint density at radius 2 is 1.75 bits per heavy atom. The van der Waals surface area contributed by atoms with Crippen LogP contribution in [0.25, 0.3) is 23.2 Å². The van der Waals surface area contributed by atoms with Crippen LogP contribution in [0.3, 0.4) is 0 Å². The van der Waals surface area contributed by atoms with E-state index in [0.717, 1.165) is 52.0 Å². The van der Waals surface area contributed by atoms with Gasteiger partial charge in [-0.2, -0.15) is 0 Å². The van der Waals surface area contributed by atoms with Gasteiger partial charge in [-0.15, -0.1) is 0 Å². The van der Waals surface area contributed by atoms with Gasteiger partial charge < -0.3 is 39.0 Å². The number of aromatic nitrogens is 4. The molecule has 0 aliphatic carbocycles. The lowest BCUT2D eigenvalue weighted by Gasteiger charge is -2.23. The second kappa shape index (κ2) is 15.8. The maximum atomic E-state index is 12.9. The number of nitrogens with zero attached hydrogens (tertiary/aromatic N) is 5. The summed E-state index contributed by atoms with van der Waals surface area (Å²) in [5.41, 5.74) is 6.94. The Hall–Kier alpha value is -6.79. The number of aromatic hydroxyl groups is 1. The van der Waals surface area contributed by atoms with Gasteiger partial charge in [0, 0.05) is 66.0 Å². The number of carboxylic acid groups (broad SMARTS) is 1. The molecule has 3 aliphatic heterocycles. The first kappa shape index (κ1) is 41.6. The van der Waals surface area contributed by atoms with Gasteiger partial charge in [0.1, 0.15) is 28.6 Å². The predicted octanol–water partition coefficient (Wildman–Crippen LogP) is 7.51. The Labute approximate surface area is 364 Å². The van der Waals surface area contributed by atoms with E-state index in [2.05, 4.69) is 27.6 Å². The van der Waals surface area contributed by atoms with Gasteiger partial charge in [-0.25, -0.2) is 26.6 Å². The Morgan fingerprint density at radius 3 is 2.49 bits per heavy atom. The summed E-state index contributed by atoms with van der Waals surface area (Å²) in [7, 11) is -5.30. The van der Waals surface area contributed by atoms with E-state index in [-0.39, 0.29) is 35.3 Å². The molecule has 3 atom stereocenters. The molecule has 1 fully saturated rings. The number of carbonyl (C=O) groups is 1. The summed E-state index contributed by atoms with van der Waals surface area (Å²) in [4.78, 5) is 23.7. The number of sulfone groups is 1. The van der Waals surface area contributed by atoms with Gasteiger partial charge in [0.2, 0.25) is 10.0 Å². The number of phenols is 1. The fraction of sp³-hybridized carbons (Fsp3) is 0.267. The van der Waals surface area contributed by atoms with Crippen LogP contribution in [0.1, 0.15) is 70.8 Å². The van der Waals surface area contributed by atoms with Crippen LogP contribution in [0.4, 0.5) is 22.9 Å². The standard InChI is InChI=1S/C45H45N7O9S2/c1-26-7-5-9-40-48-42(41-29(8-6-19-46-41)24-50(4)32-13-10-30(11-14-32)49-63(58,59)34-18-20-62(56,57)25-34)43(52(26)40)47-31-12-17-38-39(22-31)61-45(60-38)35-21-27(2)51(28(35)3)33-15-16-37(53)36(23-33)44(54)55/h5-6,8-17,19,21-23,26,34,45,47,49,53H,7,18,20,24-25H2,1-4H3,(H,54,55). The summed E-state index contributed by atoms with van der Waals surface area (Å²) in [5, 5.41) is 22.3. The molecule has 6 aromatic rings. The van der Waals surface area contributed by atoms with Crippen molar-refractivity contribution >= 4 is 54.8 Å². The summed E-state index contributed by atoms with van der Waals surface area (Å²) in [6, 6.07) is 23.0. The molecule has 3 unspecified atom stereocenters. The number of allylic oxidation sites excluding steroid dienone is 1. The SMILES string of the molecule is Cc1cc(C2Oc3ccc(Nc4c(-c5ncccc5CN(C)c5ccc(NS(=O)(=O)C6CCS(=O)(=O)C6)cc5)nc5n4C(C)CC=C5)cc3O2)c(C)n1-c1ccc(O)c(C(=O)O)c1. The van der Waals surface area contributed by atoms with E-state index in [1.165, 1.54) is 12.1 Å². The van der Waals surface area contributed by atoms with Gasteiger partial charge in [0.05, 0.1) is 28.0 Å². The summed E-state index contributed by atoms with van der Waals surface area (Å²) >= 11 is 0. The van der Waals surface area contributed by atoms with Gasteiger partial charge in [-0.3, -0.25) is 9.71 Å². The van der Waals surface area contributed by atoms with Gasteiger partial charge >= 0.3 is 5.97 Å². The molecule has 0 bridgehead atoms. The van der Waals surface area contributed by atoms with E-state index in [4.69, 9.17) is 19.4 Å². The summed E-state index contributed by atoms with van der Waals surface area (Å²) in [5.74, 6) is 0.590. The van der Waals surface area contributed by atoms with Crippen LogP contribution in [-0.4, -0.2) is 75.9 Å². The van der Waals surface area contributed by atoms with Crippen LogP contribution >= 0.6 is 0 Å². The minimum Gasteiger partial charge on any atom is -0.507 e. The molecule has 0 spiro atoms. The number of ether oxygens (including phenoxy) is 2. The van der Waals surface area contributed by atoms with Crippen LogP contribution < -0.4 is 24.4 Å². The Kier molecular flexibility index (Phi) is 10.4. The molecule has 0 radical (unpaired) electrons. The fourth-order valence-corrected chi connectivity index (χ4v) is 12.6. The second-order valence-electron chi connectivity index (χ2n) is 16.1. The second-order valence-corrected chi connectivity index (χ2v) is 20.3. The van der Waals surface area contributed by atoms with Crippen molar-refractivity contribution in [2.24, 2.45) is 0 Å². The maximum absolute atomic E-state index is 12.9. The number of benzene rings is 3. The lowest BCUT2D eigenvalue weighted by Crippen LogP contribution is -2.28. The molecule has 3 aromatic heterocycles. The molecule has 326 valence electrons. The zero-order valence-corrected chi connectivity index (χ0v) is 36.4. The average molecular weight is 892 g/mol. The van der Waals surface area contributed by atoms with E-state index < -0.39 is 37.4 Å². The lowest BCUT2D eigenvalue weighted by atomic mass is 10.1. The highest BCUT2D eigenvalue weighted by Gasteiger charge is 2.37. The Bertz CT molecular complexity index is 3050. The highest BCUT2D eigenvalue weighted by Crippen LogP contribution is 2.45. The first-order chi connectivity index (χ1) is 30.0.